The fourth-order valence-electron chi connectivity index (χ4n) is 2.93. The van der Waals surface area contributed by atoms with Crippen molar-refractivity contribution in [3.05, 3.63) is 41.5 Å². The Labute approximate surface area is 149 Å². The summed E-state index contributed by atoms with van der Waals surface area (Å²) in [5.74, 6) is 1.95. The van der Waals surface area contributed by atoms with Crippen molar-refractivity contribution in [2.75, 3.05) is 20.1 Å². The van der Waals surface area contributed by atoms with Gasteiger partial charge in [-0.1, -0.05) is 17.3 Å². The first-order chi connectivity index (χ1) is 11.2. The fourth-order valence-corrected chi connectivity index (χ4v) is 2.93. The molecule has 6 nitrogen and oxygen atoms in total. The number of nitrogens with zero attached hydrogens (tertiary/aromatic N) is 3. The normalized spacial score (nSPS) is 18.2. The molecule has 0 bridgehead atoms. The predicted molar refractivity (Wildman–Crippen MR) is 94.4 cm³/mol. The summed E-state index contributed by atoms with van der Waals surface area (Å²) in [6.45, 7) is 5.37. The Morgan fingerprint density at radius 1 is 1.33 bits per heavy atom. The molecule has 3 rings (SSSR count). The second-order valence-electron chi connectivity index (χ2n) is 6.03. The molecule has 1 fully saturated rings. The molecule has 7 heteroatoms. The number of aryl methyl sites for hydroxylation is 1. The third kappa shape index (κ3) is 5.19. The van der Waals surface area contributed by atoms with Gasteiger partial charge in [0.2, 0.25) is 11.7 Å². The van der Waals surface area contributed by atoms with Gasteiger partial charge in [0.1, 0.15) is 5.75 Å². The standard InChI is InChI=1S/C17H24N4O2.ClH/c1-13-19-17(20-23-13)12-22-16-7-5-14(6-8-16)10-21-9-3-4-15(11-21)18-2;/h5-8,15,18H,3-4,9-12H2,1-2H3;1H. The van der Waals surface area contributed by atoms with E-state index >= 15 is 0 Å². The number of ether oxygens (including phenoxy) is 1. The van der Waals surface area contributed by atoms with Crippen LogP contribution in [-0.2, 0) is 13.2 Å². The van der Waals surface area contributed by atoms with Gasteiger partial charge in [0, 0.05) is 26.1 Å². The molecular weight excluding hydrogens is 328 g/mol. The molecule has 1 aliphatic heterocycles. The third-order valence-corrected chi connectivity index (χ3v) is 4.18. The lowest BCUT2D eigenvalue weighted by Crippen LogP contribution is -2.43. The topological polar surface area (TPSA) is 63.4 Å². The second kappa shape index (κ2) is 9.01. The number of benzene rings is 1. The van der Waals surface area contributed by atoms with Crippen LogP contribution in [0.3, 0.4) is 0 Å². The van der Waals surface area contributed by atoms with Crippen molar-refractivity contribution < 1.29 is 9.26 Å². The van der Waals surface area contributed by atoms with Crippen LogP contribution in [0, 0.1) is 6.92 Å². The molecule has 1 unspecified atom stereocenters. The van der Waals surface area contributed by atoms with Gasteiger partial charge in [-0.15, -0.1) is 12.4 Å². The van der Waals surface area contributed by atoms with Crippen molar-refractivity contribution in [2.24, 2.45) is 0 Å². The predicted octanol–water partition coefficient (Wildman–Crippen LogP) is 2.56. The van der Waals surface area contributed by atoms with Crippen LogP contribution in [0.5, 0.6) is 5.75 Å². The van der Waals surface area contributed by atoms with Crippen molar-refractivity contribution >= 4 is 12.4 Å². The van der Waals surface area contributed by atoms with E-state index in [4.69, 9.17) is 9.26 Å². The average molecular weight is 353 g/mol. The summed E-state index contributed by atoms with van der Waals surface area (Å²) in [4.78, 5) is 6.62. The summed E-state index contributed by atoms with van der Waals surface area (Å²) in [7, 11) is 2.05. The zero-order chi connectivity index (χ0) is 16.1. The monoisotopic (exact) mass is 352 g/mol. The average Bonchev–Trinajstić information content (AvgIpc) is 3.00. The van der Waals surface area contributed by atoms with E-state index in [0.717, 1.165) is 18.8 Å². The highest BCUT2D eigenvalue weighted by atomic mass is 35.5. The van der Waals surface area contributed by atoms with Crippen molar-refractivity contribution in [1.29, 1.82) is 0 Å². The van der Waals surface area contributed by atoms with Crippen LogP contribution in [0.4, 0.5) is 0 Å². The van der Waals surface area contributed by atoms with Gasteiger partial charge >= 0.3 is 0 Å². The number of likely N-dealkylation sites (tertiary alicyclic amines) is 1. The van der Waals surface area contributed by atoms with E-state index in [1.54, 1.807) is 6.92 Å². The van der Waals surface area contributed by atoms with E-state index in [9.17, 15) is 0 Å². The SMILES string of the molecule is CNC1CCCN(Cc2ccc(OCc3noc(C)n3)cc2)C1.Cl. The Bertz CT molecular complexity index is 617. The highest BCUT2D eigenvalue weighted by Crippen LogP contribution is 2.17. The van der Waals surface area contributed by atoms with Gasteiger partial charge in [0.25, 0.3) is 0 Å². The van der Waals surface area contributed by atoms with Crippen LogP contribution in [0.1, 0.15) is 30.1 Å². The minimum Gasteiger partial charge on any atom is -0.485 e. The van der Waals surface area contributed by atoms with Gasteiger partial charge in [0.15, 0.2) is 6.61 Å². The van der Waals surface area contributed by atoms with Crippen molar-refractivity contribution in [1.82, 2.24) is 20.4 Å². The lowest BCUT2D eigenvalue weighted by molar-refractivity contribution is 0.188. The molecule has 0 radical (unpaired) electrons. The van der Waals surface area contributed by atoms with Gasteiger partial charge in [0.05, 0.1) is 0 Å². The summed E-state index contributed by atoms with van der Waals surface area (Å²) in [6.07, 6.45) is 2.53. The Balaban J connectivity index is 0.00000208. The Kier molecular flexibility index (Phi) is 7.02. The third-order valence-electron chi connectivity index (χ3n) is 4.18. The number of nitrogens with one attached hydrogen (secondary N) is 1. The maximum Gasteiger partial charge on any atom is 0.223 e. The maximum atomic E-state index is 5.68. The molecule has 1 N–H and O–H groups in total. The van der Waals surface area contributed by atoms with Gasteiger partial charge in [-0.05, 0) is 44.1 Å². The molecule has 132 valence electrons. The maximum absolute atomic E-state index is 5.68. The van der Waals surface area contributed by atoms with Crippen LogP contribution >= 0.6 is 12.4 Å². The molecule has 1 aromatic carbocycles. The molecular formula is C17H25ClN4O2. The van der Waals surface area contributed by atoms with Crippen LogP contribution in [0.15, 0.2) is 28.8 Å². The van der Waals surface area contributed by atoms with Gasteiger partial charge in [-0.2, -0.15) is 4.98 Å². The molecule has 0 saturated carbocycles. The van der Waals surface area contributed by atoms with E-state index in [1.807, 2.05) is 19.2 Å². The quantitative estimate of drug-likeness (QED) is 0.862. The van der Waals surface area contributed by atoms with Crippen molar-refractivity contribution in [2.45, 2.75) is 39.0 Å². The molecule has 0 amide bonds. The number of likely N-dealkylation sites (N-methyl/N-ethyl adjacent to an activating group) is 1. The smallest absolute Gasteiger partial charge is 0.223 e. The van der Waals surface area contributed by atoms with E-state index < -0.39 is 0 Å². The molecule has 0 spiro atoms. The van der Waals surface area contributed by atoms with Crippen LogP contribution in [0.25, 0.3) is 0 Å². The number of rotatable bonds is 6. The Hall–Kier alpha value is -1.63. The molecule has 2 aromatic rings. The van der Waals surface area contributed by atoms with Crippen LogP contribution < -0.4 is 10.1 Å². The first-order valence-corrected chi connectivity index (χ1v) is 8.13. The molecule has 0 aliphatic carbocycles. The van der Waals surface area contributed by atoms with Gasteiger partial charge < -0.3 is 14.6 Å². The summed E-state index contributed by atoms with van der Waals surface area (Å²) in [5, 5.41) is 7.20. The first-order valence-electron chi connectivity index (χ1n) is 8.13. The molecule has 24 heavy (non-hydrogen) atoms. The van der Waals surface area contributed by atoms with Crippen LogP contribution in [-0.4, -0.2) is 41.2 Å². The second-order valence-corrected chi connectivity index (χ2v) is 6.03. The van der Waals surface area contributed by atoms with Gasteiger partial charge in [-0.25, -0.2) is 0 Å². The van der Waals surface area contributed by atoms with E-state index in [-0.39, 0.29) is 12.4 Å². The first kappa shape index (κ1) is 18.7. The van der Waals surface area contributed by atoms with E-state index in [0.29, 0.717) is 24.4 Å². The zero-order valence-electron chi connectivity index (χ0n) is 14.2. The number of aromatic nitrogens is 2. The number of piperidine rings is 1. The summed E-state index contributed by atoms with van der Waals surface area (Å²) in [6, 6.07) is 8.87. The number of hydrogen-bond acceptors (Lipinski definition) is 6. The summed E-state index contributed by atoms with van der Waals surface area (Å²) < 4.78 is 10.6. The molecule has 1 aromatic heterocycles. The molecule has 2 heterocycles. The minimum atomic E-state index is 0. The van der Waals surface area contributed by atoms with E-state index in [2.05, 4.69) is 32.5 Å². The zero-order valence-corrected chi connectivity index (χ0v) is 15.0. The van der Waals surface area contributed by atoms with E-state index in [1.165, 1.54) is 24.9 Å². The lowest BCUT2D eigenvalue weighted by atomic mass is 10.1. The summed E-state index contributed by atoms with van der Waals surface area (Å²) >= 11 is 0. The largest absolute Gasteiger partial charge is 0.485 e. The number of halogens is 1. The summed E-state index contributed by atoms with van der Waals surface area (Å²) in [5.41, 5.74) is 1.31. The molecule has 1 aliphatic rings. The van der Waals surface area contributed by atoms with Gasteiger partial charge in [-0.3, -0.25) is 4.90 Å². The Morgan fingerprint density at radius 2 is 2.12 bits per heavy atom. The van der Waals surface area contributed by atoms with Crippen LogP contribution in [0.2, 0.25) is 0 Å². The van der Waals surface area contributed by atoms with Crippen molar-refractivity contribution in [3.63, 3.8) is 0 Å². The van der Waals surface area contributed by atoms with Crippen molar-refractivity contribution in [3.8, 4) is 5.75 Å². The number of hydrogen-bond donors (Lipinski definition) is 1. The molecule has 1 saturated heterocycles. The lowest BCUT2D eigenvalue weighted by Gasteiger charge is -2.32. The fraction of sp³-hybridized carbons (Fsp3) is 0.529. The molecule has 1 atom stereocenters. The highest BCUT2D eigenvalue weighted by molar-refractivity contribution is 5.85. The minimum absolute atomic E-state index is 0. The Morgan fingerprint density at radius 3 is 2.79 bits per heavy atom. The highest BCUT2D eigenvalue weighted by Gasteiger charge is 2.18.